The molecule has 0 bridgehead atoms. The number of aromatic nitrogens is 2. The molecule has 0 spiro atoms. The van der Waals surface area contributed by atoms with Crippen LogP contribution in [-0.4, -0.2) is 58.3 Å². The van der Waals surface area contributed by atoms with Gasteiger partial charge in [-0.25, -0.2) is 18.0 Å². The SMILES string of the molecule is C=CC(=O)N1CCN(c2nc(=O)n3c4c(c(-c5c(F)cc(F)cc5F)c(Cl)cc24)SC[C@H]3CCCN)[C@@H](C)C1. The van der Waals surface area contributed by atoms with Gasteiger partial charge in [-0.15, -0.1) is 11.8 Å². The maximum Gasteiger partial charge on any atom is 0.350 e. The van der Waals surface area contributed by atoms with Crippen LogP contribution in [0.3, 0.4) is 0 Å². The Balaban J connectivity index is 1.76. The fourth-order valence-electron chi connectivity index (χ4n) is 5.46. The highest BCUT2D eigenvalue weighted by molar-refractivity contribution is 7.99. The van der Waals surface area contributed by atoms with Crippen molar-refractivity contribution in [2.24, 2.45) is 5.73 Å². The van der Waals surface area contributed by atoms with Gasteiger partial charge in [-0.05, 0) is 38.5 Å². The summed E-state index contributed by atoms with van der Waals surface area (Å²) in [5.74, 6) is -2.56. The van der Waals surface area contributed by atoms with Crippen molar-refractivity contribution in [1.29, 1.82) is 0 Å². The Bertz CT molecular complexity index is 1530. The normalized spacial score (nSPS) is 19.0. The van der Waals surface area contributed by atoms with E-state index in [1.807, 2.05) is 11.8 Å². The predicted octanol–water partition coefficient (Wildman–Crippen LogP) is 4.74. The van der Waals surface area contributed by atoms with Crippen LogP contribution in [0.15, 0.2) is 40.5 Å². The first-order valence-electron chi connectivity index (χ1n) is 12.6. The molecule has 1 saturated heterocycles. The lowest BCUT2D eigenvalue weighted by molar-refractivity contribution is -0.126. The molecule has 2 aliphatic heterocycles. The summed E-state index contributed by atoms with van der Waals surface area (Å²) in [7, 11) is 0. The molecule has 1 amide bonds. The van der Waals surface area contributed by atoms with E-state index >= 15 is 0 Å². The first-order chi connectivity index (χ1) is 18.7. The third kappa shape index (κ3) is 4.81. The Hall–Kier alpha value is -3.02. The van der Waals surface area contributed by atoms with Gasteiger partial charge in [0, 0.05) is 65.4 Å². The van der Waals surface area contributed by atoms with Crippen molar-refractivity contribution in [3.8, 4) is 11.1 Å². The van der Waals surface area contributed by atoms with Crippen LogP contribution in [-0.2, 0) is 4.79 Å². The highest BCUT2D eigenvalue weighted by Gasteiger charge is 2.34. The number of hydrogen-bond donors (Lipinski definition) is 1. The lowest BCUT2D eigenvalue weighted by Gasteiger charge is -2.41. The Morgan fingerprint density at radius 2 is 1.95 bits per heavy atom. The lowest BCUT2D eigenvalue weighted by Crippen LogP contribution is -2.54. The Kier molecular flexibility index (Phi) is 7.67. The van der Waals surface area contributed by atoms with E-state index in [-0.39, 0.29) is 28.6 Å². The van der Waals surface area contributed by atoms with Gasteiger partial charge in [0.1, 0.15) is 23.3 Å². The molecule has 7 nitrogen and oxygen atoms in total. The van der Waals surface area contributed by atoms with Crippen LogP contribution in [0.4, 0.5) is 19.0 Å². The fourth-order valence-corrected chi connectivity index (χ4v) is 7.19. The molecule has 206 valence electrons. The molecule has 3 heterocycles. The molecule has 2 aromatic carbocycles. The third-order valence-electron chi connectivity index (χ3n) is 7.27. The van der Waals surface area contributed by atoms with E-state index in [1.165, 1.54) is 17.8 Å². The molecule has 2 N–H and O–H groups in total. The van der Waals surface area contributed by atoms with E-state index in [0.29, 0.717) is 78.5 Å². The topological polar surface area (TPSA) is 84.5 Å². The number of carbonyl (C=O) groups is 1. The number of anilines is 1. The Morgan fingerprint density at radius 3 is 2.59 bits per heavy atom. The number of hydrogen-bond acceptors (Lipinski definition) is 6. The number of nitrogens with zero attached hydrogens (tertiary/aromatic N) is 4. The van der Waals surface area contributed by atoms with Crippen molar-refractivity contribution in [2.45, 2.75) is 36.7 Å². The number of piperazine rings is 1. The van der Waals surface area contributed by atoms with Gasteiger partial charge in [0.25, 0.3) is 0 Å². The predicted molar refractivity (Wildman–Crippen MR) is 148 cm³/mol. The number of carbonyl (C=O) groups excluding carboxylic acids is 1. The van der Waals surface area contributed by atoms with Crippen molar-refractivity contribution in [3.63, 3.8) is 0 Å². The molecule has 0 radical (unpaired) electrons. The average Bonchev–Trinajstić information content (AvgIpc) is 2.89. The maximum absolute atomic E-state index is 15.0. The van der Waals surface area contributed by atoms with Crippen LogP contribution in [0.25, 0.3) is 22.0 Å². The van der Waals surface area contributed by atoms with Crippen molar-refractivity contribution in [3.05, 3.63) is 63.8 Å². The minimum atomic E-state index is -1.09. The number of amides is 1. The highest BCUT2D eigenvalue weighted by Crippen LogP contribution is 2.49. The number of thioether (sulfide) groups is 1. The smallest absolute Gasteiger partial charge is 0.350 e. The van der Waals surface area contributed by atoms with Gasteiger partial charge in [0.2, 0.25) is 5.91 Å². The molecule has 2 aliphatic rings. The molecular formula is C27H27ClF3N5O2S. The third-order valence-corrected chi connectivity index (χ3v) is 8.80. The van der Waals surface area contributed by atoms with Gasteiger partial charge >= 0.3 is 5.69 Å². The second kappa shape index (κ2) is 10.9. The van der Waals surface area contributed by atoms with Crippen LogP contribution < -0.4 is 16.3 Å². The largest absolute Gasteiger partial charge is 0.350 e. The molecular weight excluding hydrogens is 551 g/mol. The zero-order valence-electron chi connectivity index (χ0n) is 21.2. The summed E-state index contributed by atoms with van der Waals surface area (Å²) in [4.78, 5) is 34.3. The second-order valence-corrected chi connectivity index (χ2v) is 11.2. The van der Waals surface area contributed by atoms with Crippen molar-refractivity contribution < 1.29 is 18.0 Å². The van der Waals surface area contributed by atoms with Crippen molar-refractivity contribution >= 4 is 46.0 Å². The van der Waals surface area contributed by atoms with E-state index in [9.17, 15) is 22.8 Å². The second-order valence-electron chi connectivity index (χ2n) is 9.72. The lowest BCUT2D eigenvalue weighted by atomic mass is 10.0. The standard InChI is InChI=1S/C27H27ClF3N5O2S/c1-3-21(37)34-7-8-35(14(2)12-34)26-17-11-18(28)22(23-19(30)9-15(29)10-20(23)31)25-24(17)36(27(38)33-26)16(13-39-25)5-4-6-32/h3,9-11,14,16H,1,4-8,12-13,32H2,2H3/t14-,16+/m0/s1. The van der Waals surface area contributed by atoms with Crippen LogP contribution in [0.2, 0.25) is 5.02 Å². The molecule has 39 heavy (non-hydrogen) atoms. The molecule has 0 unspecified atom stereocenters. The van der Waals surface area contributed by atoms with Crippen LogP contribution >= 0.6 is 23.4 Å². The fraction of sp³-hybridized carbons (Fsp3) is 0.370. The summed E-state index contributed by atoms with van der Waals surface area (Å²) < 4.78 is 45.3. The van der Waals surface area contributed by atoms with E-state index in [4.69, 9.17) is 17.3 Å². The van der Waals surface area contributed by atoms with E-state index in [1.54, 1.807) is 15.5 Å². The zero-order chi connectivity index (χ0) is 28.0. The molecule has 5 rings (SSSR count). The average molecular weight is 578 g/mol. The summed E-state index contributed by atoms with van der Waals surface area (Å²) in [5.41, 5.74) is 5.34. The monoisotopic (exact) mass is 577 g/mol. The molecule has 2 atom stereocenters. The van der Waals surface area contributed by atoms with E-state index in [2.05, 4.69) is 11.6 Å². The minimum Gasteiger partial charge on any atom is -0.350 e. The molecule has 0 aliphatic carbocycles. The summed E-state index contributed by atoms with van der Waals surface area (Å²) >= 11 is 8.06. The van der Waals surface area contributed by atoms with Crippen molar-refractivity contribution in [2.75, 3.05) is 36.8 Å². The van der Waals surface area contributed by atoms with Crippen LogP contribution in [0.1, 0.15) is 25.8 Å². The Morgan fingerprint density at radius 1 is 1.23 bits per heavy atom. The molecule has 12 heteroatoms. The maximum atomic E-state index is 15.0. The number of rotatable bonds is 6. The molecule has 1 fully saturated rings. The first-order valence-corrected chi connectivity index (χ1v) is 14.0. The number of nitrogens with two attached hydrogens (primary N) is 1. The van der Waals surface area contributed by atoms with Gasteiger partial charge in [0.15, 0.2) is 0 Å². The summed E-state index contributed by atoms with van der Waals surface area (Å²) in [6.45, 7) is 7.13. The Labute approximate surface area is 232 Å². The van der Waals surface area contributed by atoms with E-state index < -0.39 is 28.7 Å². The van der Waals surface area contributed by atoms with Gasteiger partial charge < -0.3 is 15.5 Å². The zero-order valence-corrected chi connectivity index (χ0v) is 22.8. The van der Waals surface area contributed by atoms with E-state index in [0.717, 1.165) is 0 Å². The quantitative estimate of drug-likeness (QED) is 0.426. The van der Waals surface area contributed by atoms with Crippen LogP contribution in [0.5, 0.6) is 0 Å². The summed E-state index contributed by atoms with van der Waals surface area (Å²) in [6, 6.07) is 2.36. The minimum absolute atomic E-state index is 0.0520. The first kappa shape index (κ1) is 27.5. The molecule has 0 saturated carbocycles. The van der Waals surface area contributed by atoms with Crippen LogP contribution in [0, 0.1) is 17.5 Å². The van der Waals surface area contributed by atoms with Gasteiger partial charge in [-0.2, -0.15) is 4.98 Å². The molecule has 3 aromatic rings. The number of halogens is 4. The van der Waals surface area contributed by atoms with Gasteiger partial charge in [0.05, 0.1) is 16.1 Å². The van der Waals surface area contributed by atoms with Gasteiger partial charge in [-0.3, -0.25) is 9.36 Å². The molecule has 1 aromatic heterocycles. The van der Waals surface area contributed by atoms with Crippen molar-refractivity contribution in [1.82, 2.24) is 14.5 Å². The van der Waals surface area contributed by atoms with Gasteiger partial charge in [-0.1, -0.05) is 18.2 Å². The highest BCUT2D eigenvalue weighted by atomic mass is 35.5. The number of benzene rings is 2. The summed E-state index contributed by atoms with van der Waals surface area (Å²) in [6.07, 6.45) is 2.56. The summed E-state index contributed by atoms with van der Waals surface area (Å²) in [5, 5.41) is 0.609.